The summed E-state index contributed by atoms with van der Waals surface area (Å²) in [6, 6.07) is 7.23. The maximum atomic E-state index is 14.9. The van der Waals surface area contributed by atoms with Gasteiger partial charge in [0.1, 0.15) is 59.0 Å². The summed E-state index contributed by atoms with van der Waals surface area (Å²) in [4.78, 5) is 93.5. The molecule has 9 rings (SSSR count). The molecule has 1 saturated carbocycles. The smallest absolute Gasteiger partial charge is 0.407 e. The number of anilines is 3. The van der Waals surface area contributed by atoms with Crippen LogP contribution >= 0.6 is 0 Å². The number of likely N-dealkylation sites (N-methyl/N-ethyl adjacent to an activating group) is 1. The number of likely N-dealkylation sites (tertiary alicyclic amines) is 1. The summed E-state index contributed by atoms with van der Waals surface area (Å²) in [6.07, 6.45) is 9.77. The molecule has 2 saturated heterocycles. The Morgan fingerprint density at radius 3 is 2.35 bits per heavy atom. The average molecular weight is 1120 g/mol. The standard InChI is InChI=1S/C56H74N14O9S/c1-33-34(2)65-66-49(33)64-50-40-27-46(80(77,78)56(4,5)6)45(28-42(40)59-32-60-50)79-25-24-68-20-22-69(23-21-68)47-30-57-43(29-58-47)52(72)61-38-26-44(53(73)62-41-19-13-17-36-14-11-12-18-39(36)41)70(31-38)54(74)48(37-15-9-8-10-16-37)63-51(71)35(3)67(7)55(75)76/h11-12,14,18,27-30,32,35,37-38,41,44,48H,8-10,13,15-17,19-26,31H2,1-7H3,(H,61,72)(H,62,73)(H,63,71)(H,75,76)(H2,59,60,64,65,66)/t35-,38-,41+,44-,48-/m0/s1. The number of rotatable bonds is 17. The molecule has 5 heterocycles. The Balaban J connectivity index is 0.838. The van der Waals surface area contributed by atoms with Gasteiger partial charge >= 0.3 is 6.09 Å². The number of fused-ring (bicyclic) bond motifs is 2. The summed E-state index contributed by atoms with van der Waals surface area (Å²) < 4.78 is 33.3. The van der Waals surface area contributed by atoms with Crippen LogP contribution in [0.3, 0.4) is 0 Å². The number of benzene rings is 2. The van der Waals surface area contributed by atoms with Crippen LogP contribution in [0.25, 0.3) is 10.9 Å². The van der Waals surface area contributed by atoms with Crippen LogP contribution in [0.4, 0.5) is 22.2 Å². The number of hydrogen-bond acceptors (Lipinski definition) is 16. The van der Waals surface area contributed by atoms with Gasteiger partial charge in [0.05, 0.1) is 28.7 Å². The Labute approximate surface area is 466 Å². The Kier molecular flexibility index (Phi) is 17.2. The zero-order valence-corrected chi connectivity index (χ0v) is 47.4. The highest BCUT2D eigenvalue weighted by atomic mass is 32.2. The molecular formula is C56H74N14O9S. The van der Waals surface area contributed by atoms with Crippen LogP contribution in [0, 0.1) is 19.8 Å². The van der Waals surface area contributed by atoms with E-state index in [1.54, 1.807) is 39.1 Å². The van der Waals surface area contributed by atoms with Crippen molar-refractivity contribution < 1.29 is 42.2 Å². The highest BCUT2D eigenvalue weighted by Gasteiger charge is 2.46. The third kappa shape index (κ3) is 12.4. The van der Waals surface area contributed by atoms with E-state index in [2.05, 4.69) is 67.3 Å². The molecule has 0 radical (unpaired) electrons. The normalized spacial score (nSPS) is 19.9. The SMILES string of the molecule is Cc1[nH]nc(Nc2ncnc3cc(OCCN4CCN(c5cnc(C(=O)N[C@H]6C[C@@H](C(=O)N[C@@H]7CCCc8ccccc87)N(C(=O)[C@@H](NC(=O)[C@H](C)N(C)C(=O)O)C7CCCCC7)C6)cn5)CC4)c(S(=O)(=O)C(C)(C)C)cc23)c1C. The van der Waals surface area contributed by atoms with Crippen molar-refractivity contribution in [1.29, 1.82) is 0 Å². The molecule has 3 aromatic heterocycles. The van der Waals surface area contributed by atoms with Crippen molar-refractivity contribution in [2.75, 3.05) is 63.1 Å². The predicted molar refractivity (Wildman–Crippen MR) is 299 cm³/mol. The van der Waals surface area contributed by atoms with Gasteiger partial charge in [-0.15, -0.1) is 0 Å². The number of carboxylic acid groups (broad SMARTS) is 1. The van der Waals surface area contributed by atoms with Gasteiger partial charge in [0.2, 0.25) is 17.7 Å². The van der Waals surface area contributed by atoms with E-state index in [4.69, 9.17) is 4.74 Å². The van der Waals surface area contributed by atoms with Gasteiger partial charge in [-0.25, -0.2) is 33.1 Å². The molecule has 0 unspecified atom stereocenters. The first-order valence-electron chi connectivity index (χ1n) is 27.7. The third-order valence-corrected chi connectivity index (χ3v) is 18.9. The number of H-pyrrole nitrogens is 1. The second-order valence-corrected chi connectivity index (χ2v) is 25.2. The summed E-state index contributed by atoms with van der Waals surface area (Å²) in [5.74, 6) is -0.407. The van der Waals surface area contributed by atoms with Crippen LogP contribution < -0.4 is 30.9 Å². The molecule has 6 N–H and O–H groups in total. The molecule has 23 nitrogen and oxygen atoms in total. The van der Waals surface area contributed by atoms with E-state index in [0.29, 0.717) is 73.9 Å². The molecule has 0 bridgehead atoms. The van der Waals surface area contributed by atoms with E-state index in [-0.39, 0.29) is 53.8 Å². The van der Waals surface area contributed by atoms with Gasteiger partial charge in [0.15, 0.2) is 15.7 Å². The Bertz CT molecular complexity index is 3210. The number of piperazine rings is 1. The summed E-state index contributed by atoms with van der Waals surface area (Å²) in [7, 11) is -2.58. The van der Waals surface area contributed by atoms with E-state index in [1.165, 1.54) is 31.4 Å². The lowest BCUT2D eigenvalue weighted by Crippen LogP contribution is -2.59. The number of aryl methyl sites for hydroxylation is 2. The summed E-state index contributed by atoms with van der Waals surface area (Å²) in [6.45, 7) is 13.5. The maximum Gasteiger partial charge on any atom is 0.407 e. The molecule has 5 atom stereocenters. The van der Waals surface area contributed by atoms with Crippen molar-refractivity contribution >= 4 is 67.9 Å². The van der Waals surface area contributed by atoms with Gasteiger partial charge in [-0.2, -0.15) is 5.10 Å². The van der Waals surface area contributed by atoms with Gasteiger partial charge in [0.25, 0.3) is 5.91 Å². The van der Waals surface area contributed by atoms with E-state index in [0.717, 1.165) is 65.8 Å². The second kappa shape index (κ2) is 24.1. The fourth-order valence-corrected chi connectivity index (χ4v) is 12.4. The van der Waals surface area contributed by atoms with Crippen molar-refractivity contribution in [2.24, 2.45) is 5.92 Å². The summed E-state index contributed by atoms with van der Waals surface area (Å²) >= 11 is 0. The Hall–Kier alpha value is -7.47. The molecule has 428 valence electrons. The van der Waals surface area contributed by atoms with Crippen LogP contribution in [0.2, 0.25) is 0 Å². The van der Waals surface area contributed by atoms with Gasteiger partial charge in [-0.3, -0.25) is 34.1 Å². The van der Waals surface area contributed by atoms with Crippen LogP contribution in [-0.4, -0.2) is 170 Å². The van der Waals surface area contributed by atoms with Gasteiger partial charge in [-0.1, -0.05) is 43.5 Å². The molecule has 80 heavy (non-hydrogen) atoms. The molecule has 5 amide bonds. The number of aromatic amines is 1. The van der Waals surface area contributed by atoms with Gasteiger partial charge in [-0.05, 0) is 103 Å². The fraction of sp³-hybridized carbons (Fsp3) is 0.536. The fourth-order valence-electron chi connectivity index (χ4n) is 11.1. The van der Waals surface area contributed by atoms with Crippen LogP contribution in [-0.2, 0) is 30.6 Å². The lowest BCUT2D eigenvalue weighted by Gasteiger charge is -2.36. The average Bonchev–Trinajstić information content (AvgIpc) is 4.06. The van der Waals surface area contributed by atoms with Crippen LogP contribution in [0.15, 0.2) is 60.0 Å². The number of hydrogen-bond donors (Lipinski definition) is 6. The Morgan fingerprint density at radius 1 is 0.912 bits per heavy atom. The molecule has 0 spiro atoms. The van der Waals surface area contributed by atoms with Crippen molar-refractivity contribution in [3.8, 4) is 5.75 Å². The second-order valence-electron chi connectivity index (χ2n) is 22.6. The highest BCUT2D eigenvalue weighted by Crippen LogP contribution is 2.38. The van der Waals surface area contributed by atoms with E-state index in [9.17, 15) is 37.5 Å². The van der Waals surface area contributed by atoms with Gasteiger partial charge < -0.3 is 40.9 Å². The zero-order valence-electron chi connectivity index (χ0n) is 46.6. The van der Waals surface area contributed by atoms with Crippen LogP contribution in [0.5, 0.6) is 5.75 Å². The van der Waals surface area contributed by atoms with Crippen molar-refractivity contribution in [3.63, 3.8) is 0 Å². The predicted octanol–water partition coefficient (Wildman–Crippen LogP) is 5.23. The maximum absolute atomic E-state index is 14.9. The molecule has 2 aliphatic carbocycles. The minimum absolute atomic E-state index is 0.00587. The van der Waals surface area contributed by atoms with Crippen molar-refractivity contribution in [1.82, 2.24) is 60.8 Å². The summed E-state index contributed by atoms with van der Waals surface area (Å²) in [5, 5.41) is 29.8. The molecular weight excluding hydrogens is 1040 g/mol. The quantitative estimate of drug-likeness (QED) is 0.0695. The lowest BCUT2D eigenvalue weighted by atomic mass is 9.83. The Morgan fingerprint density at radius 2 is 1.66 bits per heavy atom. The number of nitrogens with one attached hydrogen (secondary N) is 5. The monoisotopic (exact) mass is 1120 g/mol. The number of sulfone groups is 1. The highest BCUT2D eigenvalue weighted by molar-refractivity contribution is 7.92. The number of aromatic nitrogens is 6. The van der Waals surface area contributed by atoms with Crippen LogP contribution in [0.1, 0.15) is 118 Å². The molecule has 4 aliphatic rings. The first-order chi connectivity index (χ1) is 38.2. The first kappa shape index (κ1) is 57.2. The molecule has 3 fully saturated rings. The topological polar surface area (TPSA) is 290 Å². The first-order valence-corrected chi connectivity index (χ1v) is 29.2. The third-order valence-electron chi connectivity index (χ3n) is 16.4. The number of ether oxygens (including phenoxy) is 1. The summed E-state index contributed by atoms with van der Waals surface area (Å²) in [5.41, 5.74) is 4.55. The van der Waals surface area contributed by atoms with E-state index < -0.39 is 62.6 Å². The minimum atomic E-state index is -3.88. The number of carbonyl (C=O) groups is 5. The van der Waals surface area contributed by atoms with E-state index in [1.807, 2.05) is 32.0 Å². The van der Waals surface area contributed by atoms with Gasteiger partial charge in [0, 0.05) is 75.1 Å². The number of amides is 5. The largest absolute Gasteiger partial charge is 0.491 e. The lowest BCUT2D eigenvalue weighted by molar-refractivity contribution is -0.143. The molecule has 2 aromatic carbocycles. The number of carbonyl (C=O) groups excluding carboxylic acids is 4. The van der Waals surface area contributed by atoms with Crippen molar-refractivity contribution in [3.05, 3.63) is 83.2 Å². The number of nitrogens with zero attached hydrogens (tertiary/aromatic N) is 9. The van der Waals surface area contributed by atoms with E-state index >= 15 is 0 Å². The molecule has 24 heteroatoms. The minimum Gasteiger partial charge on any atom is -0.491 e. The molecule has 5 aromatic rings. The zero-order chi connectivity index (χ0) is 57.0. The van der Waals surface area contributed by atoms with Crippen molar-refractivity contribution in [2.45, 2.75) is 139 Å². The molecule has 2 aliphatic heterocycles.